The van der Waals surface area contributed by atoms with E-state index in [1.807, 2.05) is 12.1 Å². The quantitative estimate of drug-likeness (QED) is 0.840. The van der Waals surface area contributed by atoms with Crippen LogP contribution in [-0.4, -0.2) is 26.2 Å². The summed E-state index contributed by atoms with van der Waals surface area (Å²) in [5, 5.41) is 7.20. The fraction of sp³-hybridized carbons (Fsp3) is 0.600. The number of hydrogen-bond acceptors (Lipinski definition) is 3. The zero-order valence-corrected chi connectivity index (χ0v) is 11.4. The summed E-state index contributed by atoms with van der Waals surface area (Å²) in [6, 6.07) is 9.27. The van der Waals surface area contributed by atoms with Gasteiger partial charge in [-0.1, -0.05) is 25.1 Å². The average molecular weight is 248 g/mol. The van der Waals surface area contributed by atoms with E-state index >= 15 is 0 Å². The van der Waals surface area contributed by atoms with Crippen LogP contribution in [0.1, 0.15) is 37.8 Å². The van der Waals surface area contributed by atoms with Crippen molar-refractivity contribution in [3.8, 4) is 5.75 Å². The van der Waals surface area contributed by atoms with Crippen LogP contribution in [0.5, 0.6) is 5.75 Å². The molecule has 1 fully saturated rings. The van der Waals surface area contributed by atoms with Gasteiger partial charge in [0.25, 0.3) is 0 Å². The van der Waals surface area contributed by atoms with E-state index in [1.165, 1.54) is 18.4 Å². The number of para-hydroxylation sites is 1. The van der Waals surface area contributed by atoms with E-state index in [9.17, 15) is 0 Å². The molecule has 0 aromatic heterocycles. The summed E-state index contributed by atoms with van der Waals surface area (Å²) >= 11 is 0. The van der Waals surface area contributed by atoms with Crippen molar-refractivity contribution in [1.29, 1.82) is 0 Å². The third kappa shape index (κ3) is 3.24. The Kier molecular flexibility index (Phi) is 5.02. The Morgan fingerprint density at radius 3 is 2.94 bits per heavy atom. The minimum absolute atomic E-state index is 0.381. The second-order valence-electron chi connectivity index (χ2n) is 4.91. The highest BCUT2D eigenvalue weighted by molar-refractivity contribution is 5.35. The van der Waals surface area contributed by atoms with Crippen molar-refractivity contribution < 1.29 is 4.74 Å². The van der Waals surface area contributed by atoms with Gasteiger partial charge in [0, 0.05) is 24.2 Å². The van der Waals surface area contributed by atoms with Crippen molar-refractivity contribution >= 4 is 0 Å². The van der Waals surface area contributed by atoms with E-state index in [2.05, 4.69) is 29.7 Å². The van der Waals surface area contributed by atoms with Gasteiger partial charge in [0.05, 0.1) is 7.11 Å². The molecule has 1 saturated heterocycles. The van der Waals surface area contributed by atoms with Gasteiger partial charge >= 0.3 is 0 Å². The summed E-state index contributed by atoms with van der Waals surface area (Å²) in [7, 11) is 1.74. The molecule has 0 bridgehead atoms. The lowest BCUT2D eigenvalue weighted by atomic mass is 10.00. The summed E-state index contributed by atoms with van der Waals surface area (Å²) in [4.78, 5) is 0. The van der Waals surface area contributed by atoms with Crippen LogP contribution in [0.2, 0.25) is 0 Å². The largest absolute Gasteiger partial charge is 0.496 e. The third-order valence-electron chi connectivity index (χ3n) is 3.66. The summed E-state index contributed by atoms with van der Waals surface area (Å²) in [6.07, 6.45) is 3.61. The normalized spacial score (nSPS) is 21.6. The Hall–Kier alpha value is -1.06. The van der Waals surface area contributed by atoms with Gasteiger partial charge in [-0.25, -0.2) is 0 Å². The van der Waals surface area contributed by atoms with E-state index in [0.29, 0.717) is 12.1 Å². The molecule has 2 rings (SSSR count). The van der Waals surface area contributed by atoms with Crippen LogP contribution in [0.15, 0.2) is 24.3 Å². The lowest BCUT2D eigenvalue weighted by Crippen LogP contribution is -2.44. The highest BCUT2D eigenvalue weighted by Gasteiger charge is 2.19. The molecule has 0 saturated carbocycles. The first-order valence-electron chi connectivity index (χ1n) is 6.94. The molecule has 2 N–H and O–H groups in total. The lowest BCUT2D eigenvalue weighted by molar-refractivity contribution is 0.338. The maximum Gasteiger partial charge on any atom is 0.123 e. The molecule has 0 radical (unpaired) electrons. The van der Waals surface area contributed by atoms with Gasteiger partial charge in [-0.05, 0) is 31.9 Å². The number of piperidine rings is 1. The molecule has 1 heterocycles. The van der Waals surface area contributed by atoms with E-state index in [1.54, 1.807) is 7.11 Å². The van der Waals surface area contributed by atoms with Crippen LogP contribution in [0.4, 0.5) is 0 Å². The molecule has 3 nitrogen and oxygen atoms in total. The number of hydrogen-bond donors (Lipinski definition) is 2. The van der Waals surface area contributed by atoms with E-state index in [4.69, 9.17) is 4.74 Å². The summed E-state index contributed by atoms with van der Waals surface area (Å²) in [5.74, 6) is 0.987. The van der Waals surface area contributed by atoms with E-state index in [0.717, 1.165) is 25.3 Å². The highest BCUT2D eigenvalue weighted by atomic mass is 16.5. The number of nitrogens with one attached hydrogen (secondary N) is 2. The van der Waals surface area contributed by atoms with Crippen LogP contribution in [0, 0.1) is 0 Å². The van der Waals surface area contributed by atoms with Crippen LogP contribution >= 0.6 is 0 Å². The van der Waals surface area contributed by atoms with E-state index in [-0.39, 0.29) is 0 Å². The van der Waals surface area contributed by atoms with Crippen LogP contribution in [0.25, 0.3) is 0 Å². The fourth-order valence-corrected chi connectivity index (χ4v) is 2.66. The van der Waals surface area contributed by atoms with Crippen LogP contribution < -0.4 is 15.4 Å². The molecule has 18 heavy (non-hydrogen) atoms. The number of methoxy groups -OCH3 is 1. The fourth-order valence-electron chi connectivity index (χ4n) is 2.66. The number of ether oxygens (including phenoxy) is 1. The van der Waals surface area contributed by atoms with Gasteiger partial charge in [-0.15, -0.1) is 0 Å². The van der Waals surface area contributed by atoms with Crippen molar-refractivity contribution in [2.45, 2.75) is 38.3 Å². The molecule has 0 amide bonds. The summed E-state index contributed by atoms with van der Waals surface area (Å²) in [6.45, 7) is 4.45. The number of benzene rings is 1. The molecule has 0 spiro atoms. The SMILES string of the molecule is CCC(NC1CCCNC1)c1ccccc1OC. The smallest absolute Gasteiger partial charge is 0.123 e. The lowest BCUT2D eigenvalue weighted by Gasteiger charge is -2.29. The second kappa shape index (κ2) is 6.76. The average Bonchev–Trinajstić information content (AvgIpc) is 2.46. The van der Waals surface area contributed by atoms with Gasteiger partial charge in [0.1, 0.15) is 5.75 Å². The Morgan fingerprint density at radius 1 is 1.44 bits per heavy atom. The van der Waals surface area contributed by atoms with Gasteiger partial charge in [0.2, 0.25) is 0 Å². The topological polar surface area (TPSA) is 33.3 Å². The molecule has 1 aromatic carbocycles. The molecular weight excluding hydrogens is 224 g/mol. The van der Waals surface area contributed by atoms with Crippen molar-refractivity contribution in [3.63, 3.8) is 0 Å². The molecule has 2 atom stereocenters. The predicted molar refractivity (Wildman–Crippen MR) is 75.1 cm³/mol. The third-order valence-corrected chi connectivity index (χ3v) is 3.66. The van der Waals surface area contributed by atoms with Crippen LogP contribution in [-0.2, 0) is 0 Å². The van der Waals surface area contributed by atoms with Crippen molar-refractivity contribution in [2.24, 2.45) is 0 Å². The van der Waals surface area contributed by atoms with Gasteiger partial charge in [0.15, 0.2) is 0 Å². The monoisotopic (exact) mass is 248 g/mol. The molecule has 1 aliphatic rings. The van der Waals surface area contributed by atoms with Crippen molar-refractivity contribution in [1.82, 2.24) is 10.6 Å². The van der Waals surface area contributed by atoms with Crippen molar-refractivity contribution in [2.75, 3.05) is 20.2 Å². The summed E-state index contributed by atoms with van der Waals surface area (Å²) in [5.41, 5.74) is 1.27. The molecule has 100 valence electrons. The Bertz CT molecular complexity index is 361. The van der Waals surface area contributed by atoms with Crippen LogP contribution in [0.3, 0.4) is 0 Å². The zero-order chi connectivity index (χ0) is 12.8. The van der Waals surface area contributed by atoms with Gasteiger partial charge in [-0.3, -0.25) is 0 Å². The zero-order valence-electron chi connectivity index (χ0n) is 11.4. The first kappa shape index (κ1) is 13.4. The maximum absolute atomic E-state index is 5.46. The molecule has 1 aliphatic heterocycles. The maximum atomic E-state index is 5.46. The van der Waals surface area contributed by atoms with E-state index < -0.39 is 0 Å². The molecule has 1 aromatic rings. The minimum atomic E-state index is 0.381. The molecule has 3 heteroatoms. The predicted octanol–water partition coefficient (Wildman–Crippen LogP) is 2.49. The molecule has 2 unspecified atom stereocenters. The number of rotatable bonds is 5. The first-order chi connectivity index (χ1) is 8.85. The Morgan fingerprint density at radius 2 is 2.28 bits per heavy atom. The van der Waals surface area contributed by atoms with Gasteiger partial charge in [-0.2, -0.15) is 0 Å². The standard InChI is InChI=1S/C15H24N2O/c1-3-14(17-12-7-6-10-16-11-12)13-8-4-5-9-15(13)18-2/h4-5,8-9,12,14,16-17H,3,6-7,10-11H2,1-2H3. The Balaban J connectivity index is 2.07. The van der Waals surface area contributed by atoms with Gasteiger partial charge < -0.3 is 15.4 Å². The minimum Gasteiger partial charge on any atom is -0.496 e. The van der Waals surface area contributed by atoms with Crippen molar-refractivity contribution in [3.05, 3.63) is 29.8 Å². The molecular formula is C15H24N2O. The molecule has 0 aliphatic carbocycles. The highest BCUT2D eigenvalue weighted by Crippen LogP contribution is 2.27. The second-order valence-corrected chi connectivity index (χ2v) is 4.91. The Labute approximate surface area is 110 Å². The first-order valence-corrected chi connectivity index (χ1v) is 6.94. The summed E-state index contributed by atoms with van der Waals surface area (Å²) < 4.78 is 5.46.